The standard InChI is InChI=1S/C14H19N3O3/c1-17(2)12-11(9-4-6-20-13(9)12)16-14(19)8-3-5-15-7-10(8)18/h3,5,7,9,11-13,18H,4,6H2,1-2H3,(H,16,19)/t9-,11+,12-,13-/m1/s1. The second-order valence-electron chi connectivity index (χ2n) is 5.63. The Hall–Kier alpha value is -1.66. The number of ether oxygens (including phenoxy) is 1. The van der Waals surface area contributed by atoms with Crippen molar-refractivity contribution in [3.8, 4) is 5.75 Å². The zero-order chi connectivity index (χ0) is 14.3. The lowest BCUT2D eigenvalue weighted by atomic mass is 9.71. The highest BCUT2D eigenvalue weighted by molar-refractivity contribution is 5.96. The molecule has 1 aliphatic heterocycles. The van der Waals surface area contributed by atoms with E-state index in [9.17, 15) is 9.90 Å². The van der Waals surface area contributed by atoms with Gasteiger partial charge in [-0.25, -0.2) is 0 Å². The lowest BCUT2D eigenvalue weighted by Gasteiger charge is -2.50. The SMILES string of the molecule is CN(C)[C@@H]1[C@@H](NC(=O)c2ccncc2O)[C@H]2CCO[C@H]21. The lowest BCUT2D eigenvalue weighted by molar-refractivity contribution is -0.0664. The summed E-state index contributed by atoms with van der Waals surface area (Å²) in [6.45, 7) is 0.756. The molecule has 1 saturated heterocycles. The number of hydrogen-bond donors (Lipinski definition) is 2. The molecule has 0 radical (unpaired) electrons. The first-order chi connectivity index (χ1) is 9.59. The van der Waals surface area contributed by atoms with Crippen molar-refractivity contribution < 1.29 is 14.6 Å². The summed E-state index contributed by atoms with van der Waals surface area (Å²) < 4.78 is 5.71. The number of nitrogens with one attached hydrogen (secondary N) is 1. The van der Waals surface area contributed by atoms with Crippen molar-refractivity contribution in [2.24, 2.45) is 5.92 Å². The van der Waals surface area contributed by atoms with Gasteiger partial charge in [-0.3, -0.25) is 9.78 Å². The summed E-state index contributed by atoms with van der Waals surface area (Å²) in [4.78, 5) is 18.1. The minimum Gasteiger partial charge on any atom is -0.505 e. The molecule has 0 unspecified atom stereocenters. The molecular weight excluding hydrogens is 258 g/mol. The van der Waals surface area contributed by atoms with Gasteiger partial charge < -0.3 is 20.1 Å². The first-order valence-corrected chi connectivity index (χ1v) is 6.81. The highest BCUT2D eigenvalue weighted by Crippen LogP contribution is 2.41. The fourth-order valence-corrected chi connectivity index (χ4v) is 3.29. The van der Waals surface area contributed by atoms with Gasteiger partial charge in [0.1, 0.15) is 5.75 Å². The van der Waals surface area contributed by atoms with Gasteiger partial charge in [-0.1, -0.05) is 0 Å². The molecule has 2 heterocycles. The van der Waals surface area contributed by atoms with Crippen LogP contribution in [0.1, 0.15) is 16.8 Å². The van der Waals surface area contributed by atoms with Gasteiger partial charge in [-0.2, -0.15) is 0 Å². The number of hydrogen-bond acceptors (Lipinski definition) is 5. The van der Waals surface area contributed by atoms with Crippen LogP contribution in [0.3, 0.4) is 0 Å². The maximum atomic E-state index is 12.3. The predicted octanol–water partition coefficient (Wildman–Crippen LogP) is 0.234. The summed E-state index contributed by atoms with van der Waals surface area (Å²) in [6, 6.07) is 1.78. The van der Waals surface area contributed by atoms with Crippen molar-refractivity contribution in [3.05, 3.63) is 24.0 Å². The van der Waals surface area contributed by atoms with Gasteiger partial charge >= 0.3 is 0 Å². The number of nitrogens with zero attached hydrogens (tertiary/aromatic N) is 2. The minimum absolute atomic E-state index is 0.0672. The van der Waals surface area contributed by atoms with E-state index < -0.39 is 0 Å². The van der Waals surface area contributed by atoms with E-state index in [0.29, 0.717) is 5.92 Å². The number of pyridine rings is 1. The number of carbonyl (C=O) groups is 1. The van der Waals surface area contributed by atoms with Gasteiger partial charge in [0.15, 0.2) is 0 Å². The number of likely N-dealkylation sites (N-methyl/N-ethyl adjacent to an activating group) is 1. The van der Waals surface area contributed by atoms with Gasteiger partial charge in [0.05, 0.1) is 29.9 Å². The molecule has 2 aliphatic rings. The van der Waals surface area contributed by atoms with E-state index >= 15 is 0 Å². The van der Waals surface area contributed by atoms with Gasteiger partial charge in [0.2, 0.25) is 0 Å². The second-order valence-corrected chi connectivity index (χ2v) is 5.63. The number of carbonyl (C=O) groups excluding carboxylic acids is 1. The summed E-state index contributed by atoms with van der Waals surface area (Å²) in [5.74, 6) is 0.0207. The highest BCUT2D eigenvalue weighted by atomic mass is 16.5. The molecule has 0 aromatic carbocycles. The number of aromatic hydroxyl groups is 1. The topological polar surface area (TPSA) is 74.7 Å². The van der Waals surface area contributed by atoms with E-state index in [2.05, 4.69) is 15.2 Å². The normalized spacial score (nSPS) is 31.8. The van der Waals surface area contributed by atoms with Crippen LogP contribution in [-0.2, 0) is 4.74 Å². The smallest absolute Gasteiger partial charge is 0.255 e. The largest absolute Gasteiger partial charge is 0.505 e. The third-order valence-electron chi connectivity index (χ3n) is 4.29. The monoisotopic (exact) mass is 277 g/mol. The molecule has 0 spiro atoms. The lowest BCUT2D eigenvalue weighted by Crippen LogP contribution is -2.69. The van der Waals surface area contributed by atoms with Crippen LogP contribution in [0.4, 0.5) is 0 Å². The molecule has 2 N–H and O–H groups in total. The number of fused-ring (bicyclic) bond motifs is 1. The first-order valence-electron chi connectivity index (χ1n) is 6.81. The fraction of sp³-hybridized carbons (Fsp3) is 0.571. The van der Waals surface area contributed by atoms with Crippen molar-refractivity contribution in [3.63, 3.8) is 0 Å². The van der Waals surface area contributed by atoms with Gasteiger partial charge in [-0.05, 0) is 26.6 Å². The van der Waals surface area contributed by atoms with Gasteiger partial charge in [-0.15, -0.1) is 0 Å². The molecule has 2 fully saturated rings. The zero-order valence-electron chi connectivity index (χ0n) is 11.6. The highest BCUT2D eigenvalue weighted by Gasteiger charge is 2.55. The second kappa shape index (κ2) is 5.03. The summed E-state index contributed by atoms with van der Waals surface area (Å²) in [7, 11) is 3.98. The van der Waals surface area contributed by atoms with Crippen LogP contribution in [0.5, 0.6) is 5.75 Å². The minimum atomic E-state index is -0.257. The third kappa shape index (κ3) is 2.05. The summed E-state index contributed by atoms with van der Waals surface area (Å²) in [5.41, 5.74) is 0.264. The number of aromatic nitrogens is 1. The molecule has 1 aliphatic carbocycles. The Balaban J connectivity index is 1.74. The van der Waals surface area contributed by atoms with E-state index in [4.69, 9.17) is 4.74 Å². The molecule has 3 rings (SSSR count). The molecule has 108 valence electrons. The number of amides is 1. The Labute approximate surface area is 117 Å². The van der Waals surface area contributed by atoms with Gasteiger partial charge in [0.25, 0.3) is 5.91 Å². The molecule has 1 saturated carbocycles. The van der Waals surface area contributed by atoms with Crippen LogP contribution in [0.15, 0.2) is 18.5 Å². The van der Waals surface area contributed by atoms with E-state index in [1.165, 1.54) is 18.5 Å². The van der Waals surface area contributed by atoms with E-state index in [0.717, 1.165) is 13.0 Å². The van der Waals surface area contributed by atoms with Crippen molar-refractivity contribution in [2.45, 2.75) is 24.6 Å². The Bertz CT molecular complexity index is 520. The maximum absolute atomic E-state index is 12.3. The van der Waals surface area contributed by atoms with E-state index in [1.807, 2.05) is 14.1 Å². The average molecular weight is 277 g/mol. The summed E-state index contributed by atoms with van der Waals surface area (Å²) in [6.07, 6.45) is 3.96. The van der Waals surface area contributed by atoms with E-state index in [1.54, 1.807) is 0 Å². The Morgan fingerprint density at radius 1 is 1.55 bits per heavy atom. The summed E-state index contributed by atoms with van der Waals surface area (Å²) >= 11 is 0. The molecule has 1 amide bonds. The first kappa shape index (κ1) is 13.3. The van der Waals surface area contributed by atoms with Crippen molar-refractivity contribution in [2.75, 3.05) is 20.7 Å². The molecule has 1 aromatic heterocycles. The van der Waals surface area contributed by atoms with Crippen LogP contribution in [-0.4, -0.2) is 59.8 Å². The maximum Gasteiger partial charge on any atom is 0.255 e. The molecule has 20 heavy (non-hydrogen) atoms. The third-order valence-corrected chi connectivity index (χ3v) is 4.29. The van der Waals surface area contributed by atoms with E-state index in [-0.39, 0.29) is 35.4 Å². The van der Waals surface area contributed by atoms with Crippen molar-refractivity contribution in [1.82, 2.24) is 15.2 Å². The Morgan fingerprint density at radius 3 is 3.05 bits per heavy atom. The van der Waals surface area contributed by atoms with Crippen molar-refractivity contribution in [1.29, 1.82) is 0 Å². The molecular formula is C14H19N3O3. The van der Waals surface area contributed by atoms with Crippen molar-refractivity contribution >= 4 is 5.91 Å². The molecule has 0 bridgehead atoms. The molecule has 1 aromatic rings. The van der Waals surface area contributed by atoms with Crippen LogP contribution >= 0.6 is 0 Å². The van der Waals surface area contributed by atoms with Crippen LogP contribution in [0.25, 0.3) is 0 Å². The quantitative estimate of drug-likeness (QED) is 0.827. The molecule has 6 nitrogen and oxygen atoms in total. The average Bonchev–Trinajstić information content (AvgIpc) is 2.79. The molecule has 4 atom stereocenters. The fourth-order valence-electron chi connectivity index (χ4n) is 3.29. The number of rotatable bonds is 3. The van der Waals surface area contributed by atoms with Gasteiger partial charge in [0, 0.05) is 18.7 Å². The van der Waals surface area contributed by atoms with Crippen LogP contribution in [0.2, 0.25) is 0 Å². The van der Waals surface area contributed by atoms with Crippen LogP contribution < -0.4 is 5.32 Å². The zero-order valence-corrected chi connectivity index (χ0v) is 11.6. The molecule has 6 heteroatoms. The Morgan fingerprint density at radius 2 is 2.35 bits per heavy atom. The summed E-state index contributed by atoms with van der Waals surface area (Å²) in [5, 5.41) is 12.7. The predicted molar refractivity (Wildman–Crippen MR) is 72.5 cm³/mol. The Kier molecular flexibility index (Phi) is 3.35. The van der Waals surface area contributed by atoms with Crippen LogP contribution in [0, 0.1) is 5.92 Å².